The molecule has 0 saturated heterocycles. The molecule has 1 amide bonds. The number of methoxy groups -OCH3 is 1. The molecular weight excluding hydrogens is 496 g/mol. The summed E-state index contributed by atoms with van der Waals surface area (Å²) in [7, 11) is 3.24. The third kappa shape index (κ3) is 6.10. The summed E-state index contributed by atoms with van der Waals surface area (Å²) < 4.78 is 12.8. The number of aryl methyl sites for hydroxylation is 3. The highest BCUT2D eigenvalue weighted by Crippen LogP contribution is 2.37. The van der Waals surface area contributed by atoms with Crippen LogP contribution in [0, 0.1) is 13.8 Å². The first-order chi connectivity index (χ1) is 17.4. The summed E-state index contributed by atoms with van der Waals surface area (Å²) in [6.45, 7) is 4.31. The molecule has 0 radical (unpaired) electrons. The zero-order valence-electron chi connectivity index (χ0n) is 21.2. The monoisotopic (exact) mass is 528 g/mol. The van der Waals surface area contributed by atoms with Crippen molar-refractivity contribution in [2.45, 2.75) is 64.1 Å². The molecule has 2 heterocycles. The third-order valence-electron chi connectivity index (χ3n) is 6.27. The molecule has 0 unspecified atom stereocenters. The lowest BCUT2D eigenvalue weighted by atomic mass is 9.96. The van der Waals surface area contributed by atoms with E-state index in [0.29, 0.717) is 21.5 Å². The van der Waals surface area contributed by atoms with Crippen molar-refractivity contribution >= 4 is 40.0 Å². The Kier molecular flexibility index (Phi) is 8.68. The van der Waals surface area contributed by atoms with Gasteiger partial charge in [-0.1, -0.05) is 36.7 Å². The van der Waals surface area contributed by atoms with Gasteiger partial charge in [0.15, 0.2) is 11.0 Å². The van der Waals surface area contributed by atoms with Gasteiger partial charge in [-0.05, 0) is 62.3 Å². The number of rotatable bonds is 8. The highest BCUT2D eigenvalue weighted by molar-refractivity contribution is 7.99. The van der Waals surface area contributed by atoms with E-state index in [9.17, 15) is 9.59 Å². The van der Waals surface area contributed by atoms with Crippen LogP contribution in [-0.4, -0.2) is 39.5 Å². The molecule has 2 aromatic heterocycles. The lowest BCUT2D eigenvalue weighted by Gasteiger charge is -2.11. The summed E-state index contributed by atoms with van der Waals surface area (Å²) in [5.74, 6) is 1.05. The van der Waals surface area contributed by atoms with E-state index in [1.807, 2.05) is 43.7 Å². The van der Waals surface area contributed by atoms with Gasteiger partial charge in [0.2, 0.25) is 5.91 Å². The minimum atomic E-state index is -0.391. The molecule has 0 spiro atoms. The van der Waals surface area contributed by atoms with Gasteiger partial charge in [0.25, 0.3) is 0 Å². The maximum atomic E-state index is 12.8. The summed E-state index contributed by atoms with van der Waals surface area (Å²) in [5.41, 5.74) is 3.74. The summed E-state index contributed by atoms with van der Waals surface area (Å²) in [4.78, 5) is 26.6. The van der Waals surface area contributed by atoms with Crippen LogP contribution in [0.15, 0.2) is 23.4 Å². The van der Waals surface area contributed by atoms with Crippen LogP contribution < -0.4 is 10.1 Å². The van der Waals surface area contributed by atoms with E-state index < -0.39 is 5.97 Å². The molecule has 1 aromatic carbocycles. The van der Waals surface area contributed by atoms with Gasteiger partial charge in [-0.25, -0.2) is 4.79 Å². The van der Waals surface area contributed by atoms with Crippen LogP contribution in [0.25, 0.3) is 0 Å². The fraction of sp³-hybridized carbons (Fsp3) is 0.462. The summed E-state index contributed by atoms with van der Waals surface area (Å²) >= 11 is 2.79. The molecule has 10 heteroatoms. The van der Waals surface area contributed by atoms with E-state index in [-0.39, 0.29) is 18.3 Å². The summed E-state index contributed by atoms with van der Waals surface area (Å²) in [6, 6.07) is 6.08. The number of carbonyl (C=O) groups excluding carboxylic acids is 2. The second-order valence-electron chi connectivity index (χ2n) is 8.97. The molecular formula is C26H32N4O4S2. The van der Waals surface area contributed by atoms with Crippen LogP contribution in [0.2, 0.25) is 0 Å². The molecule has 0 bridgehead atoms. The van der Waals surface area contributed by atoms with E-state index >= 15 is 0 Å². The van der Waals surface area contributed by atoms with Crippen molar-refractivity contribution in [1.29, 1.82) is 0 Å². The number of nitrogens with one attached hydrogen (secondary N) is 1. The molecule has 1 aliphatic rings. The average molecular weight is 529 g/mol. The third-order valence-corrected chi connectivity index (χ3v) is 8.50. The average Bonchev–Trinajstić information content (AvgIpc) is 3.36. The van der Waals surface area contributed by atoms with Gasteiger partial charge in [0, 0.05) is 11.9 Å². The number of thiophene rings is 1. The van der Waals surface area contributed by atoms with E-state index in [1.54, 1.807) is 0 Å². The molecule has 36 heavy (non-hydrogen) atoms. The van der Waals surface area contributed by atoms with Crippen molar-refractivity contribution < 1.29 is 19.1 Å². The van der Waals surface area contributed by atoms with Crippen LogP contribution in [0.5, 0.6) is 5.75 Å². The molecule has 0 saturated carbocycles. The number of thioether (sulfide) groups is 1. The fourth-order valence-corrected chi connectivity index (χ4v) is 6.24. The number of anilines is 1. The predicted octanol–water partition coefficient (Wildman–Crippen LogP) is 5.25. The van der Waals surface area contributed by atoms with Crippen LogP contribution in [0.4, 0.5) is 5.00 Å². The van der Waals surface area contributed by atoms with Gasteiger partial charge in [-0.3, -0.25) is 4.79 Å². The standard InChI is InChI=1S/C26H32N4O4S2/c1-16-11-12-17(2)19(13-16)34-14-21-28-29-26(30(21)3)35-15-22(31)27-24-23(25(32)33-4)18-9-7-5-6-8-10-20(18)36-24/h11-13H,5-10,14-15H2,1-4H3,(H,27,31). The van der Waals surface area contributed by atoms with Gasteiger partial charge < -0.3 is 19.4 Å². The highest BCUT2D eigenvalue weighted by atomic mass is 32.2. The Bertz CT molecular complexity index is 1250. The first-order valence-corrected chi connectivity index (χ1v) is 13.9. The minimum absolute atomic E-state index is 0.146. The zero-order valence-corrected chi connectivity index (χ0v) is 22.8. The Morgan fingerprint density at radius 1 is 1.14 bits per heavy atom. The first kappa shape index (κ1) is 26.2. The quantitative estimate of drug-likeness (QED) is 0.315. The highest BCUT2D eigenvalue weighted by Gasteiger charge is 2.26. The van der Waals surface area contributed by atoms with Gasteiger partial charge >= 0.3 is 5.97 Å². The Morgan fingerprint density at radius 2 is 1.92 bits per heavy atom. The number of amides is 1. The van der Waals surface area contributed by atoms with Crippen LogP contribution in [0.3, 0.4) is 0 Å². The molecule has 0 aliphatic heterocycles. The number of benzene rings is 1. The smallest absolute Gasteiger partial charge is 0.341 e. The number of carbonyl (C=O) groups is 2. The van der Waals surface area contributed by atoms with Crippen LogP contribution in [-0.2, 0) is 36.0 Å². The second-order valence-corrected chi connectivity index (χ2v) is 11.0. The molecule has 1 N–H and O–H groups in total. The fourth-order valence-electron chi connectivity index (χ4n) is 4.22. The molecule has 0 atom stereocenters. The van der Waals surface area contributed by atoms with Crippen molar-refractivity contribution in [2.24, 2.45) is 7.05 Å². The Balaban J connectivity index is 1.39. The number of aromatic nitrogens is 3. The van der Waals surface area contributed by atoms with Gasteiger partial charge in [0.05, 0.1) is 18.4 Å². The molecule has 3 aromatic rings. The van der Waals surface area contributed by atoms with Gasteiger partial charge in [-0.15, -0.1) is 21.5 Å². The van der Waals surface area contributed by atoms with Crippen molar-refractivity contribution in [3.63, 3.8) is 0 Å². The Labute approximate surface area is 219 Å². The Morgan fingerprint density at radius 3 is 2.69 bits per heavy atom. The largest absolute Gasteiger partial charge is 0.485 e. The number of esters is 1. The van der Waals surface area contributed by atoms with Crippen LogP contribution >= 0.6 is 23.1 Å². The second kappa shape index (κ2) is 11.9. The lowest BCUT2D eigenvalue weighted by Crippen LogP contribution is -2.16. The predicted molar refractivity (Wildman–Crippen MR) is 142 cm³/mol. The maximum Gasteiger partial charge on any atom is 0.341 e. The van der Waals surface area contributed by atoms with E-state index in [1.165, 1.54) is 41.5 Å². The molecule has 8 nitrogen and oxygen atoms in total. The van der Waals surface area contributed by atoms with E-state index in [0.717, 1.165) is 54.5 Å². The molecule has 1 aliphatic carbocycles. The van der Waals surface area contributed by atoms with E-state index in [2.05, 4.69) is 15.5 Å². The number of fused-ring (bicyclic) bond motifs is 1. The molecule has 4 rings (SSSR count). The zero-order chi connectivity index (χ0) is 25.7. The molecule has 0 fully saturated rings. The number of ether oxygens (including phenoxy) is 2. The number of hydrogen-bond acceptors (Lipinski definition) is 8. The summed E-state index contributed by atoms with van der Waals surface area (Å²) in [5, 5.41) is 12.6. The van der Waals surface area contributed by atoms with Crippen LogP contribution in [0.1, 0.15) is 63.4 Å². The van der Waals surface area contributed by atoms with Crippen molar-refractivity contribution in [3.8, 4) is 5.75 Å². The Hall–Kier alpha value is -2.85. The van der Waals surface area contributed by atoms with Crippen molar-refractivity contribution in [2.75, 3.05) is 18.2 Å². The normalized spacial score (nSPS) is 13.4. The maximum absolute atomic E-state index is 12.8. The number of hydrogen-bond donors (Lipinski definition) is 1. The van der Waals surface area contributed by atoms with E-state index in [4.69, 9.17) is 9.47 Å². The minimum Gasteiger partial charge on any atom is -0.485 e. The topological polar surface area (TPSA) is 95.3 Å². The van der Waals surface area contributed by atoms with Gasteiger partial charge in [0.1, 0.15) is 17.4 Å². The van der Waals surface area contributed by atoms with Crippen molar-refractivity contribution in [1.82, 2.24) is 14.8 Å². The lowest BCUT2D eigenvalue weighted by molar-refractivity contribution is -0.113. The summed E-state index contributed by atoms with van der Waals surface area (Å²) in [6.07, 6.45) is 6.26. The first-order valence-electron chi connectivity index (χ1n) is 12.1. The van der Waals surface area contributed by atoms with Crippen molar-refractivity contribution in [3.05, 3.63) is 51.2 Å². The molecule has 192 valence electrons. The SMILES string of the molecule is COC(=O)c1c(NC(=O)CSc2nnc(COc3cc(C)ccc3C)n2C)sc2c1CCCCCC2. The number of nitrogens with zero attached hydrogens (tertiary/aromatic N) is 3. The van der Waals surface area contributed by atoms with Gasteiger partial charge in [-0.2, -0.15) is 0 Å².